The molecule has 0 spiro atoms. The molecule has 1 saturated heterocycles. The van der Waals surface area contributed by atoms with Crippen LogP contribution in [0.2, 0.25) is 0 Å². The van der Waals surface area contributed by atoms with Crippen LogP contribution in [0.3, 0.4) is 0 Å². The highest BCUT2D eigenvalue weighted by Gasteiger charge is 2.14. The monoisotopic (exact) mass is 258 g/mol. The third kappa shape index (κ3) is 2.28. The lowest BCUT2D eigenvalue weighted by Gasteiger charge is -2.24. The van der Waals surface area contributed by atoms with Gasteiger partial charge < -0.3 is 15.2 Å². The molecule has 0 amide bonds. The van der Waals surface area contributed by atoms with Crippen LogP contribution in [-0.4, -0.2) is 45.0 Å². The lowest BCUT2D eigenvalue weighted by atomic mass is 10.2. The molecule has 1 aliphatic heterocycles. The number of nitrogens with zero attached hydrogens (tertiary/aromatic N) is 3. The summed E-state index contributed by atoms with van der Waals surface area (Å²) in [4.78, 5) is 2.50. The second kappa shape index (κ2) is 5.13. The quantitative estimate of drug-likeness (QED) is 0.886. The van der Waals surface area contributed by atoms with Gasteiger partial charge in [0.1, 0.15) is 0 Å². The van der Waals surface area contributed by atoms with Crippen LogP contribution >= 0.6 is 0 Å². The second-order valence-electron chi connectivity index (χ2n) is 5.31. The average molecular weight is 258 g/mol. The third-order valence-corrected chi connectivity index (χ3v) is 3.80. The standard InChI is InChI=1S/C15H22N4/c1-17(2)19-11-7-13-14(5-3-6-15(13)19)18-10-4-8-16-9-12-18/h3,5-7,11,16H,4,8-10,12H2,1-2H3. The Balaban J connectivity index is 2.03. The maximum atomic E-state index is 3.46. The largest absolute Gasteiger partial charge is 0.370 e. The van der Waals surface area contributed by atoms with Crippen LogP contribution < -0.4 is 15.2 Å². The Morgan fingerprint density at radius 2 is 2.00 bits per heavy atom. The molecule has 4 heteroatoms. The SMILES string of the molecule is CN(C)n1ccc2c(N3CCCNCC3)cccc21. The lowest BCUT2D eigenvalue weighted by molar-refractivity contribution is 0.724. The molecule has 4 nitrogen and oxygen atoms in total. The van der Waals surface area contributed by atoms with E-state index in [1.165, 1.54) is 23.0 Å². The summed E-state index contributed by atoms with van der Waals surface area (Å²) >= 11 is 0. The Bertz CT molecular complexity index is 550. The first-order valence-electron chi connectivity index (χ1n) is 7.01. The normalized spacial score (nSPS) is 16.6. The van der Waals surface area contributed by atoms with Gasteiger partial charge in [-0.05, 0) is 31.2 Å². The number of fused-ring (bicyclic) bond motifs is 1. The van der Waals surface area contributed by atoms with Gasteiger partial charge in [-0.2, -0.15) is 0 Å². The van der Waals surface area contributed by atoms with E-state index in [1.807, 2.05) is 0 Å². The molecule has 0 aliphatic carbocycles. The number of nitrogens with one attached hydrogen (secondary N) is 1. The predicted octanol–water partition coefficient (Wildman–Crippen LogP) is 1.64. The highest BCUT2D eigenvalue weighted by molar-refractivity contribution is 5.93. The Labute approximate surface area is 114 Å². The van der Waals surface area contributed by atoms with Crippen LogP contribution in [0.1, 0.15) is 6.42 Å². The van der Waals surface area contributed by atoms with Gasteiger partial charge in [-0.3, -0.25) is 4.68 Å². The Morgan fingerprint density at radius 1 is 1.11 bits per heavy atom. The molecular weight excluding hydrogens is 236 g/mol. The molecule has 1 fully saturated rings. The first kappa shape index (κ1) is 12.4. The van der Waals surface area contributed by atoms with Crippen LogP contribution in [0.4, 0.5) is 5.69 Å². The molecular formula is C15H22N4. The van der Waals surface area contributed by atoms with E-state index in [1.54, 1.807) is 0 Å². The Hall–Kier alpha value is -1.68. The van der Waals surface area contributed by atoms with E-state index >= 15 is 0 Å². The first-order valence-corrected chi connectivity index (χ1v) is 7.01. The van der Waals surface area contributed by atoms with Gasteiger partial charge in [0.05, 0.1) is 5.52 Å². The smallest absolute Gasteiger partial charge is 0.0715 e. The number of rotatable bonds is 2. The van der Waals surface area contributed by atoms with Gasteiger partial charge in [-0.15, -0.1) is 0 Å². The molecule has 1 aliphatic rings. The summed E-state index contributed by atoms with van der Waals surface area (Å²) in [5.41, 5.74) is 2.64. The minimum atomic E-state index is 1.07. The van der Waals surface area contributed by atoms with Gasteiger partial charge in [0.15, 0.2) is 0 Å². The van der Waals surface area contributed by atoms with Crippen molar-refractivity contribution in [3.05, 3.63) is 30.5 Å². The molecule has 1 aromatic heterocycles. The molecule has 102 valence electrons. The first-order chi connectivity index (χ1) is 9.27. The van der Waals surface area contributed by atoms with E-state index in [9.17, 15) is 0 Å². The van der Waals surface area contributed by atoms with Crippen molar-refractivity contribution in [3.63, 3.8) is 0 Å². The third-order valence-electron chi connectivity index (χ3n) is 3.80. The zero-order valence-corrected chi connectivity index (χ0v) is 11.8. The summed E-state index contributed by atoms with van der Waals surface area (Å²) in [7, 11) is 4.14. The highest BCUT2D eigenvalue weighted by Crippen LogP contribution is 2.28. The zero-order valence-electron chi connectivity index (χ0n) is 11.8. The van der Waals surface area contributed by atoms with Crippen molar-refractivity contribution in [1.29, 1.82) is 0 Å². The summed E-state index contributed by atoms with van der Waals surface area (Å²) in [5, 5.41) is 6.92. The van der Waals surface area contributed by atoms with Crippen LogP contribution in [0.15, 0.2) is 30.5 Å². The number of hydrogen-bond donors (Lipinski definition) is 1. The van der Waals surface area contributed by atoms with Crippen LogP contribution in [0, 0.1) is 0 Å². The molecule has 3 rings (SSSR count). The van der Waals surface area contributed by atoms with Crippen molar-refractivity contribution >= 4 is 16.6 Å². The Kier molecular flexibility index (Phi) is 3.34. The van der Waals surface area contributed by atoms with Crippen LogP contribution in [-0.2, 0) is 0 Å². The predicted molar refractivity (Wildman–Crippen MR) is 81.7 cm³/mol. The van der Waals surface area contributed by atoms with Gasteiger partial charge >= 0.3 is 0 Å². The van der Waals surface area contributed by atoms with Crippen LogP contribution in [0.25, 0.3) is 10.9 Å². The minimum absolute atomic E-state index is 1.07. The summed E-state index contributed by atoms with van der Waals surface area (Å²) in [6, 6.07) is 8.82. The molecule has 0 unspecified atom stereocenters. The van der Waals surface area contributed by atoms with Crippen molar-refractivity contribution in [2.24, 2.45) is 0 Å². The van der Waals surface area contributed by atoms with Gasteiger partial charge in [0.2, 0.25) is 0 Å². The van der Waals surface area contributed by atoms with Crippen molar-refractivity contribution in [2.75, 3.05) is 50.2 Å². The topological polar surface area (TPSA) is 23.4 Å². The molecule has 2 aromatic rings. The van der Waals surface area contributed by atoms with Gasteiger partial charge in [-0.25, -0.2) is 0 Å². The fourth-order valence-electron chi connectivity index (χ4n) is 2.85. The second-order valence-corrected chi connectivity index (χ2v) is 5.31. The molecule has 1 N–H and O–H groups in total. The molecule has 0 bridgehead atoms. The van der Waals surface area contributed by atoms with E-state index < -0.39 is 0 Å². The Morgan fingerprint density at radius 3 is 2.84 bits per heavy atom. The summed E-state index contributed by atoms with van der Waals surface area (Å²) in [6.45, 7) is 4.43. The van der Waals surface area contributed by atoms with Crippen molar-refractivity contribution in [1.82, 2.24) is 9.99 Å². The maximum absolute atomic E-state index is 3.46. The molecule has 19 heavy (non-hydrogen) atoms. The van der Waals surface area contributed by atoms with Crippen molar-refractivity contribution in [2.45, 2.75) is 6.42 Å². The van der Waals surface area contributed by atoms with Gasteiger partial charge in [0.25, 0.3) is 0 Å². The van der Waals surface area contributed by atoms with Gasteiger partial charge in [-0.1, -0.05) is 6.07 Å². The number of hydrogen-bond acceptors (Lipinski definition) is 3. The highest BCUT2D eigenvalue weighted by atomic mass is 15.5. The van der Waals surface area contributed by atoms with E-state index in [0.29, 0.717) is 0 Å². The number of anilines is 1. The van der Waals surface area contributed by atoms with E-state index in [-0.39, 0.29) is 0 Å². The van der Waals surface area contributed by atoms with Crippen molar-refractivity contribution < 1.29 is 0 Å². The summed E-state index contributed by atoms with van der Waals surface area (Å²) in [6.07, 6.45) is 3.36. The van der Waals surface area contributed by atoms with Gasteiger partial charge in [0, 0.05) is 51.0 Å². The molecule has 0 radical (unpaired) electrons. The average Bonchev–Trinajstić information content (AvgIpc) is 2.66. The minimum Gasteiger partial charge on any atom is -0.370 e. The van der Waals surface area contributed by atoms with E-state index in [4.69, 9.17) is 0 Å². The fraction of sp³-hybridized carbons (Fsp3) is 0.467. The maximum Gasteiger partial charge on any atom is 0.0715 e. The molecule has 2 heterocycles. The lowest BCUT2D eigenvalue weighted by Crippen LogP contribution is -2.28. The van der Waals surface area contributed by atoms with E-state index in [2.05, 4.69) is 64.5 Å². The number of aromatic nitrogens is 1. The summed E-state index contributed by atoms with van der Waals surface area (Å²) in [5.74, 6) is 0. The molecule has 0 saturated carbocycles. The molecule has 1 aromatic carbocycles. The van der Waals surface area contributed by atoms with Crippen molar-refractivity contribution in [3.8, 4) is 0 Å². The summed E-state index contributed by atoms with van der Waals surface area (Å²) < 4.78 is 2.19. The fourth-order valence-corrected chi connectivity index (χ4v) is 2.85. The van der Waals surface area contributed by atoms with E-state index in [0.717, 1.165) is 26.2 Å². The molecule has 0 atom stereocenters. The zero-order chi connectivity index (χ0) is 13.2. The van der Waals surface area contributed by atoms with Crippen LogP contribution in [0.5, 0.6) is 0 Å². The number of benzene rings is 1.